The minimum atomic E-state index is -3.46. The maximum atomic E-state index is 12.9. The van der Waals surface area contributed by atoms with Gasteiger partial charge in [-0.2, -0.15) is 18.7 Å². The van der Waals surface area contributed by atoms with Gasteiger partial charge in [0.2, 0.25) is 61.9 Å². The summed E-state index contributed by atoms with van der Waals surface area (Å²) in [4.78, 5) is 107. The molecule has 6 amide bonds. The molecular weight excluding hydrogens is 2030 g/mol. The molecule has 0 unspecified atom stereocenters. The number of nitrogens with zero attached hydrogens (tertiary/aromatic N) is 23. The van der Waals surface area contributed by atoms with E-state index in [1.165, 1.54) is 126 Å². The summed E-state index contributed by atoms with van der Waals surface area (Å²) in [5.41, 5.74) is 15.7. The lowest BCUT2D eigenvalue weighted by atomic mass is 9.77. The molecule has 5 aromatic heterocycles. The Kier molecular flexibility index (Phi) is 35.4. The molecule has 9 aliphatic heterocycles. The Balaban J connectivity index is 0.000000149. The average molecular weight is 2170 g/mol. The molecule has 0 bridgehead atoms. The van der Waals surface area contributed by atoms with Crippen LogP contribution in [0, 0.1) is 44.4 Å². The summed E-state index contributed by atoms with van der Waals surface area (Å²) in [6.07, 6.45) is 21.1. The zero-order valence-corrected chi connectivity index (χ0v) is 91.8. The van der Waals surface area contributed by atoms with E-state index in [1.807, 2.05) is 56.4 Å². The minimum Gasteiger partial charge on any atom is -0.371 e. The summed E-state index contributed by atoms with van der Waals surface area (Å²) in [7, 11) is -13.3. The second-order valence-electron chi connectivity index (χ2n) is 41.2. The number of piperidine rings is 3. The van der Waals surface area contributed by atoms with Gasteiger partial charge in [0.1, 0.15) is 0 Å². The molecule has 4 aromatic carbocycles. The lowest BCUT2D eigenvalue weighted by Gasteiger charge is -2.41. The van der Waals surface area contributed by atoms with E-state index in [4.69, 9.17) is 11.6 Å². The summed E-state index contributed by atoms with van der Waals surface area (Å²) in [5.74, 6) is 0.979. The number of sulfonamides is 5. The smallest absolute Gasteiger partial charge is 0.344 e. The van der Waals surface area contributed by atoms with Crippen molar-refractivity contribution in [1.29, 1.82) is 0 Å². The number of pyridine rings is 1. The number of benzene rings is 4. The van der Waals surface area contributed by atoms with E-state index in [2.05, 4.69) is 160 Å². The molecule has 4 N–H and O–H groups in total. The minimum absolute atomic E-state index is 0.0859. The lowest BCUT2D eigenvalue weighted by molar-refractivity contribution is -0.133. The second kappa shape index (κ2) is 47.3. The van der Waals surface area contributed by atoms with Crippen LogP contribution >= 0.6 is 11.6 Å². The topological polar surface area (TPSA) is 451 Å². The molecular formula is C100H140ClN27O16S5. The molecule has 0 aliphatic carbocycles. The van der Waals surface area contributed by atoms with E-state index in [0.717, 1.165) is 215 Å². The molecule has 14 heterocycles. The predicted octanol–water partition coefficient (Wildman–Crippen LogP) is 8.51. The summed E-state index contributed by atoms with van der Waals surface area (Å²) < 4.78 is 131. The third-order valence-electron chi connectivity index (χ3n) is 29.1. The summed E-state index contributed by atoms with van der Waals surface area (Å²) in [5, 5.41) is 16.9. The van der Waals surface area contributed by atoms with Crippen LogP contribution in [0.4, 0.5) is 59.5 Å². The Labute approximate surface area is 879 Å². The van der Waals surface area contributed by atoms with Gasteiger partial charge in [0.05, 0.1) is 31.3 Å². The Morgan fingerprint density at radius 2 is 0.711 bits per heavy atom. The van der Waals surface area contributed by atoms with Gasteiger partial charge in [-0.3, -0.25) is 53.1 Å². The van der Waals surface area contributed by atoms with E-state index < -0.39 is 50.1 Å². The molecule has 0 saturated carbocycles. The largest absolute Gasteiger partial charge is 0.371 e. The van der Waals surface area contributed by atoms with E-state index in [0.29, 0.717) is 89.0 Å². The third kappa shape index (κ3) is 30.3. The van der Waals surface area contributed by atoms with Gasteiger partial charge in [0.15, 0.2) is 23.3 Å². The maximum absolute atomic E-state index is 12.9. The molecule has 43 nitrogen and oxygen atoms in total. The van der Waals surface area contributed by atoms with Crippen molar-refractivity contribution in [3.63, 3.8) is 0 Å². The van der Waals surface area contributed by atoms with E-state index >= 15 is 0 Å². The number of hydrogen-bond donors (Lipinski definition) is 4. The fourth-order valence-electron chi connectivity index (χ4n) is 20.9. The normalized spacial score (nSPS) is 18.5. The zero-order chi connectivity index (χ0) is 107. The molecule has 149 heavy (non-hydrogen) atoms. The third-order valence-corrected chi connectivity index (χ3v) is 33.0. The van der Waals surface area contributed by atoms with Crippen molar-refractivity contribution < 1.29 is 70.9 Å². The monoisotopic (exact) mass is 2170 g/mol. The fourth-order valence-corrected chi connectivity index (χ4v) is 24.0. The number of rotatable bonds is 22. The van der Waals surface area contributed by atoms with Gasteiger partial charge in [-0.1, -0.05) is 60.1 Å². The number of carbonyl (C=O) groups excluding carboxylic acids is 6. The maximum Gasteiger partial charge on any atom is 0.344 e. The summed E-state index contributed by atoms with van der Waals surface area (Å²) in [6.45, 7) is 32.0. The molecule has 9 fully saturated rings. The van der Waals surface area contributed by atoms with Crippen molar-refractivity contribution in [2.45, 2.75) is 112 Å². The summed E-state index contributed by atoms with van der Waals surface area (Å²) in [6, 6.07) is 34.7. The number of nitrogens with one attached hydrogen (secondary N) is 4. The standard InChI is InChI=1S/C27H39N7O4S.C26H39N7O5S2.C25H37N7O4S.C22H25ClN6O3S/c1-21-4-5-23(24(18-21)33-13-9-27(20-33)7-11-31(12-8-27)22(2)35)19-30-14-16-32(17-15-30)26(36)34-10-6-25(28-34)29-39(3,37)38;1-21-4-5-22(23(18-21)30-11-7-26(8-12-30)9-13-32(20-26)40(3,37)38)19-29-14-16-31(17-15-29)25(34)33-10-6-24(27-33)28-39(2,35)36;1-19-5-6-21(22(17-19)30-10-7-20(8-11-30)24(33)28(2)3)18-29-13-15-31(16-14-29)25(34)32-12-9-23(26-32)27-37(4,35)36;1-16-3-5-18(14-24-16)19-13-17(4-6-20(19)23)15-27-9-11-28(12-10-27)22(30)29-8-7-21(25-29)26-33(2,31)32/h4-6,10,18H,7-9,11-17,19-20H2,1-3H3,(H,28,29);4-6,10,18H,7-9,11-17,19-20H2,1-3H3,(H,27,28);5-6,9,12,17,20H,7-8,10-11,13-16,18H2,1-4H3,(H,26,27);3-8,13-14H,9-12,15H2,1-2H3,(H,25,26). The van der Waals surface area contributed by atoms with Crippen molar-refractivity contribution in [2.24, 2.45) is 16.7 Å². The quantitative estimate of drug-likeness (QED) is 0.0493. The SMILES string of the molecule is CC(=O)N1CCC2(CC1)CCN(c1cc(C)ccc1CN1CCN(C(=O)n3ccc(NS(C)(=O)=O)n3)CC1)C2.Cc1ccc(-c2cc(CN3CCN(C(=O)n4ccc(NS(C)(=O)=O)n4)CC3)ccc2Cl)cn1.Cc1ccc(CN2CCN(C(=O)n3ccc(NS(C)(=O)=O)n3)CC2)c(N2CCC(C(=O)N(C)C)CC2)c1.Cc1ccc(CN2CCN(C(=O)n3ccc(NS(C)(=O)=O)n3)CC2)c(N2CCC3(CC2)CCN(S(C)(=O)=O)C3)c1. The van der Waals surface area contributed by atoms with Crippen LogP contribution < -0.4 is 33.6 Å². The average Bonchev–Trinajstić information content (AvgIpc) is 1.69. The number of aryl methyl sites for hydroxylation is 4. The Bertz CT molecular complexity index is 6890. The predicted molar refractivity (Wildman–Crippen MR) is 576 cm³/mol. The van der Waals surface area contributed by atoms with E-state index in [-0.39, 0.29) is 70.5 Å². The Hall–Kier alpha value is -11.9. The molecule has 0 atom stereocenters. The number of hydrogen-bond acceptors (Lipinski definition) is 28. The molecule has 0 radical (unpaired) electrons. The highest BCUT2D eigenvalue weighted by Crippen LogP contribution is 2.46. The Morgan fingerprint density at radius 1 is 0.376 bits per heavy atom. The highest BCUT2D eigenvalue weighted by molar-refractivity contribution is 7.92. The van der Waals surface area contributed by atoms with Gasteiger partial charge in [-0.05, 0) is 165 Å². The van der Waals surface area contributed by atoms with Crippen LogP contribution in [-0.4, -0.2) is 391 Å². The number of piperazine rings is 4. The fraction of sp³-hybridized carbons (Fsp3) is 0.530. The molecule has 9 aromatic rings. The number of anilines is 7. The first-order valence-electron chi connectivity index (χ1n) is 50.4. The van der Waals surface area contributed by atoms with Crippen molar-refractivity contribution in [3.05, 3.63) is 190 Å². The number of likely N-dealkylation sites (tertiary alicyclic amines) is 1. The number of carbonyl (C=O) groups is 6. The van der Waals surface area contributed by atoms with Crippen LogP contribution in [0.1, 0.15) is 103 Å². The van der Waals surface area contributed by atoms with Gasteiger partial charge in [-0.15, -0.1) is 20.4 Å². The van der Waals surface area contributed by atoms with Crippen LogP contribution in [0.2, 0.25) is 5.02 Å². The molecule has 808 valence electrons. The van der Waals surface area contributed by atoms with Crippen LogP contribution in [0.5, 0.6) is 0 Å². The highest BCUT2D eigenvalue weighted by Gasteiger charge is 2.45. The molecule has 49 heteroatoms. The van der Waals surface area contributed by atoms with Crippen LogP contribution in [0.25, 0.3) is 11.1 Å². The van der Waals surface area contributed by atoms with E-state index in [1.54, 1.807) is 35.7 Å². The van der Waals surface area contributed by atoms with Gasteiger partial charge in [0, 0.05) is 317 Å². The highest BCUT2D eigenvalue weighted by atomic mass is 35.5. The number of aromatic nitrogens is 9. The van der Waals surface area contributed by atoms with Gasteiger partial charge in [0.25, 0.3) is 0 Å². The lowest BCUT2D eigenvalue weighted by Crippen LogP contribution is -2.49. The van der Waals surface area contributed by atoms with Crippen molar-refractivity contribution in [1.82, 2.24) is 97.4 Å². The van der Waals surface area contributed by atoms with Gasteiger partial charge in [-0.25, -0.2) is 65.6 Å². The first-order chi connectivity index (χ1) is 70.5. The summed E-state index contributed by atoms with van der Waals surface area (Å²) >= 11 is 6.43. The molecule has 2 spiro atoms. The zero-order valence-electron chi connectivity index (χ0n) is 87.0. The van der Waals surface area contributed by atoms with Crippen LogP contribution in [0.15, 0.2) is 140 Å². The molecule has 9 saturated heterocycles. The molecule has 18 rings (SSSR count). The van der Waals surface area contributed by atoms with Gasteiger partial charge < -0.3 is 44.1 Å². The van der Waals surface area contributed by atoms with Crippen LogP contribution in [-0.2, 0) is 85.9 Å². The van der Waals surface area contributed by atoms with E-state index in [9.17, 15) is 70.9 Å². The second-order valence-corrected chi connectivity index (χ2v) is 50.5. The molecule has 9 aliphatic rings. The first-order valence-corrected chi connectivity index (χ1v) is 60.1. The van der Waals surface area contributed by atoms with Crippen molar-refractivity contribution in [2.75, 3.05) is 249 Å². The van der Waals surface area contributed by atoms with Crippen LogP contribution in [0.3, 0.4) is 0 Å². The van der Waals surface area contributed by atoms with Crippen molar-refractivity contribution in [3.8, 4) is 11.1 Å². The van der Waals surface area contributed by atoms with Crippen molar-refractivity contribution >= 4 is 138 Å². The van der Waals surface area contributed by atoms with Gasteiger partial charge >= 0.3 is 24.1 Å². The number of halogens is 1. The number of amides is 6. The first kappa shape index (κ1) is 111. The Morgan fingerprint density at radius 3 is 1.05 bits per heavy atom.